The molecule has 0 radical (unpaired) electrons. The van der Waals surface area contributed by atoms with Crippen molar-refractivity contribution >= 4 is 40.2 Å². The second-order valence-electron chi connectivity index (χ2n) is 8.57. The molecule has 0 amide bonds. The molecule has 0 atom stereocenters. The van der Waals surface area contributed by atoms with Gasteiger partial charge in [-0.25, -0.2) is 0 Å². The molecular weight excluding hydrogens is 434 g/mol. The maximum atomic E-state index is 2.52. The van der Waals surface area contributed by atoms with Gasteiger partial charge in [0.25, 0.3) is 5.12 Å². The minimum absolute atomic E-state index is 0.564. The van der Waals surface area contributed by atoms with Crippen molar-refractivity contribution in [2.45, 2.75) is 11.5 Å². The second kappa shape index (κ2) is 7.57. The summed E-state index contributed by atoms with van der Waals surface area (Å²) in [5.74, 6) is 0. The normalized spacial score (nSPS) is 17.6. The summed E-state index contributed by atoms with van der Waals surface area (Å²) >= 11 is 1.93. The van der Waals surface area contributed by atoms with E-state index in [1.165, 1.54) is 39.0 Å². The number of anilines is 5. The molecule has 1 aliphatic carbocycles. The lowest BCUT2D eigenvalue weighted by Gasteiger charge is -2.48. The van der Waals surface area contributed by atoms with E-state index in [0.717, 1.165) is 6.42 Å². The quantitative estimate of drug-likeness (QED) is 0.308. The Hall–Kier alpha value is -3.89. The van der Waals surface area contributed by atoms with Crippen LogP contribution in [0.1, 0.15) is 6.42 Å². The monoisotopic (exact) mass is 457 g/mol. The molecule has 4 aromatic carbocycles. The van der Waals surface area contributed by atoms with E-state index in [2.05, 4.69) is 142 Å². The van der Waals surface area contributed by atoms with Gasteiger partial charge in [0.05, 0.1) is 17.1 Å². The third kappa shape index (κ3) is 2.66. The maximum Gasteiger partial charge on any atom is 0.261 e. The Labute approximate surface area is 204 Å². The molecule has 0 unspecified atom stereocenters. The molecule has 3 aliphatic rings. The molecular formula is C30H23N3S. The summed E-state index contributed by atoms with van der Waals surface area (Å²) in [5.41, 5.74) is 7.21. The molecule has 34 heavy (non-hydrogen) atoms. The Morgan fingerprint density at radius 3 is 1.44 bits per heavy atom. The van der Waals surface area contributed by atoms with Gasteiger partial charge in [0.2, 0.25) is 0 Å². The predicted octanol–water partition coefficient (Wildman–Crippen LogP) is 8.01. The van der Waals surface area contributed by atoms with Crippen molar-refractivity contribution in [3.63, 3.8) is 0 Å². The third-order valence-electron chi connectivity index (χ3n) is 6.64. The number of thioether (sulfide) groups is 1. The fourth-order valence-electron chi connectivity index (χ4n) is 5.33. The summed E-state index contributed by atoms with van der Waals surface area (Å²) in [6.07, 6.45) is 5.69. The molecule has 0 aromatic heterocycles. The van der Waals surface area contributed by atoms with Gasteiger partial charge in [0, 0.05) is 22.0 Å². The standard InChI is InChI=1S/C30H23N3S/c1-4-13-23(14-5-1)31-26-19-10-11-20-27(26)32(24-15-6-2-7-16-24)30(31)33(25-17-8-3-9-18-25)28-21-12-22-29(28)34-30/h1-11,13-22H,12H2. The first kappa shape index (κ1) is 19.6. The Morgan fingerprint density at radius 1 is 0.500 bits per heavy atom. The largest absolute Gasteiger partial charge is 0.290 e. The summed E-state index contributed by atoms with van der Waals surface area (Å²) in [6.45, 7) is 0. The predicted molar refractivity (Wildman–Crippen MR) is 144 cm³/mol. The van der Waals surface area contributed by atoms with Crippen molar-refractivity contribution in [3.05, 3.63) is 138 Å². The van der Waals surface area contributed by atoms with Crippen molar-refractivity contribution in [2.75, 3.05) is 14.7 Å². The van der Waals surface area contributed by atoms with Gasteiger partial charge < -0.3 is 0 Å². The molecule has 1 fully saturated rings. The number of nitrogens with zero attached hydrogens (tertiary/aromatic N) is 3. The zero-order valence-corrected chi connectivity index (χ0v) is 19.4. The van der Waals surface area contributed by atoms with E-state index in [-0.39, 0.29) is 0 Å². The van der Waals surface area contributed by atoms with Crippen LogP contribution in [0.25, 0.3) is 0 Å². The molecule has 4 aromatic rings. The van der Waals surface area contributed by atoms with Crippen molar-refractivity contribution in [1.82, 2.24) is 0 Å². The molecule has 7 rings (SSSR count). The zero-order valence-electron chi connectivity index (χ0n) is 18.6. The van der Waals surface area contributed by atoms with Gasteiger partial charge in [-0.3, -0.25) is 14.7 Å². The molecule has 2 heterocycles. The van der Waals surface area contributed by atoms with Gasteiger partial charge in [-0.15, -0.1) is 0 Å². The first-order chi connectivity index (χ1) is 16.9. The second-order valence-corrected chi connectivity index (χ2v) is 9.76. The molecule has 0 N–H and O–H groups in total. The number of allylic oxidation sites excluding steroid dienone is 2. The highest BCUT2D eigenvalue weighted by molar-refractivity contribution is 8.05. The molecule has 4 heteroatoms. The fourth-order valence-corrected chi connectivity index (χ4v) is 6.97. The van der Waals surface area contributed by atoms with E-state index >= 15 is 0 Å². The lowest BCUT2D eigenvalue weighted by Crippen LogP contribution is -2.60. The fraction of sp³-hybridized carbons (Fsp3) is 0.0667. The van der Waals surface area contributed by atoms with E-state index < -0.39 is 5.12 Å². The molecule has 0 saturated carbocycles. The van der Waals surface area contributed by atoms with Crippen LogP contribution in [0.2, 0.25) is 0 Å². The first-order valence-corrected chi connectivity index (χ1v) is 12.4. The van der Waals surface area contributed by atoms with Crippen LogP contribution in [0.4, 0.5) is 28.4 Å². The summed E-state index contributed by atoms with van der Waals surface area (Å²) in [4.78, 5) is 8.87. The van der Waals surface area contributed by atoms with Crippen LogP contribution >= 0.6 is 11.8 Å². The van der Waals surface area contributed by atoms with E-state index in [0.29, 0.717) is 0 Å². The van der Waals surface area contributed by atoms with E-state index in [4.69, 9.17) is 0 Å². The molecule has 1 spiro atoms. The van der Waals surface area contributed by atoms with Gasteiger partial charge in [0.15, 0.2) is 0 Å². The van der Waals surface area contributed by atoms with Crippen LogP contribution in [0.15, 0.2) is 138 Å². The van der Waals surface area contributed by atoms with E-state index in [1.54, 1.807) is 0 Å². The summed E-state index contributed by atoms with van der Waals surface area (Å²) < 4.78 is 0. The highest BCUT2D eigenvalue weighted by Crippen LogP contribution is 2.65. The Morgan fingerprint density at radius 2 is 0.941 bits per heavy atom. The number of rotatable bonds is 3. The number of benzene rings is 4. The number of fused-ring (bicyclic) bond motifs is 2. The SMILES string of the molecule is C1=C2SC3(N(c4ccccc4)C2=CC1)N(c1ccccc1)c1ccccc1N3c1ccccc1. The lowest BCUT2D eigenvalue weighted by molar-refractivity contribution is 0.637. The smallest absolute Gasteiger partial charge is 0.261 e. The van der Waals surface area contributed by atoms with Crippen molar-refractivity contribution in [1.29, 1.82) is 0 Å². The Kier molecular flexibility index (Phi) is 4.36. The van der Waals surface area contributed by atoms with Crippen LogP contribution in [-0.2, 0) is 0 Å². The molecule has 2 aliphatic heterocycles. The highest BCUT2D eigenvalue weighted by Gasteiger charge is 2.61. The average molecular weight is 458 g/mol. The molecule has 1 saturated heterocycles. The van der Waals surface area contributed by atoms with Gasteiger partial charge >= 0.3 is 0 Å². The minimum Gasteiger partial charge on any atom is -0.290 e. The van der Waals surface area contributed by atoms with Crippen molar-refractivity contribution in [2.24, 2.45) is 0 Å². The van der Waals surface area contributed by atoms with Gasteiger partial charge in [-0.05, 0) is 66.7 Å². The molecule has 0 bridgehead atoms. The maximum absolute atomic E-state index is 2.52. The van der Waals surface area contributed by atoms with Crippen LogP contribution in [0.5, 0.6) is 0 Å². The lowest BCUT2D eigenvalue weighted by atomic mass is 10.2. The number of hydrogen-bond acceptors (Lipinski definition) is 4. The first-order valence-electron chi connectivity index (χ1n) is 11.6. The number of hydrogen-bond donors (Lipinski definition) is 0. The number of para-hydroxylation sites is 5. The Balaban J connectivity index is 1.58. The van der Waals surface area contributed by atoms with E-state index in [1.807, 2.05) is 11.8 Å². The summed E-state index contributed by atoms with van der Waals surface area (Å²) in [5, 5.41) is -0.564. The minimum atomic E-state index is -0.564. The van der Waals surface area contributed by atoms with Crippen LogP contribution in [-0.4, -0.2) is 5.12 Å². The van der Waals surface area contributed by atoms with Crippen molar-refractivity contribution < 1.29 is 0 Å². The highest BCUT2D eigenvalue weighted by atomic mass is 32.2. The van der Waals surface area contributed by atoms with Crippen molar-refractivity contribution in [3.8, 4) is 0 Å². The topological polar surface area (TPSA) is 9.72 Å². The van der Waals surface area contributed by atoms with Crippen LogP contribution < -0.4 is 14.7 Å². The van der Waals surface area contributed by atoms with Crippen LogP contribution in [0.3, 0.4) is 0 Å². The van der Waals surface area contributed by atoms with E-state index in [9.17, 15) is 0 Å². The van der Waals surface area contributed by atoms with Gasteiger partial charge in [-0.1, -0.05) is 78.9 Å². The van der Waals surface area contributed by atoms with Crippen LogP contribution in [0, 0.1) is 0 Å². The summed E-state index contributed by atoms with van der Waals surface area (Å²) in [6, 6.07) is 41.1. The summed E-state index contributed by atoms with van der Waals surface area (Å²) in [7, 11) is 0. The zero-order chi connectivity index (χ0) is 22.5. The van der Waals surface area contributed by atoms with Gasteiger partial charge in [0.1, 0.15) is 0 Å². The third-order valence-corrected chi connectivity index (χ3v) is 8.05. The Bertz CT molecular complexity index is 1350. The molecule has 3 nitrogen and oxygen atoms in total. The van der Waals surface area contributed by atoms with Gasteiger partial charge in [-0.2, -0.15) is 0 Å². The average Bonchev–Trinajstić information content (AvgIpc) is 3.55. The molecule has 164 valence electrons.